The van der Waals surface area contributed by atoms with Gasteiger partial charge in [-0.3, -0.25) is 4.79 Å². The first-order valence-corrected chi connectivity index (χ1v) is 5.49. The van der Waals surface area contributed by atoms with E-state index in [2.05, 4.69) is 0 Å². The molecule has 0 N–H and O–H groups in total. The fraction of sp³-hybridized carbons (Fsp3) is 0.417. The van der Waals surface area contributed by atoms with Crippen LogP contribution >= 0.6 is 11.6 Å². The normalized spacial score (nSPS) is 27.7. The van der Waals surface area contributed by atoms with Crippen molar-refractivity contribution in [3.05, 3.63) is 35.6 Å². The summed E-state index contributed by atoms with van der Waals surface area (Å²) in [5, 5.41) is -0.0432. The summed E-state index contributed by atoms with van der Waals surface area (Å²) < 4.78 is 5.29. The molecule has 0 saturated heterocycles. The van der Waals surface area contributed by atoms with Gasteiger partial charge in [-0.2, -0.15) is 0 Å². The number of halogens is 1. The number of hydrogen-bond donors (Lipinski definition) is 0. The quantitative estimate of drug-likeness (QED) is 0.533. The molecule has 1 aliphatic carbocycles. The molecule has 0 fully saturated rings. The summed E-state index contributed by atoms with van der Waals surface area (Å²) in [5.41, 5.74) is 0.961. The van der Waals surface area contributed by atoms with Crippen LogP contribution in [-0.2, 0) is 9.53 Å². The van der Waals surface area contributed by atoms with Crippen molar-refractivity contribution < 1.29 is 9.53 Å². The first kappa shape index (κ1) is 10.5. The van der Waals surface area contributed by atoms with Crippen LogP contribution in [0.3, 0.4) is 0 Å². The van der Waals surface area contributed by atoms with Crippen molar-refractivity contribution in [2.24, 2.45) is 11.8 Å². The van der Waals surface area contributed by atoms with E-state index < -0.39 is 0 Å². The average Bonchev–Trinajstić information content (AvgIpc) is 2.56. The van der Waals surface area contributed by atoms with Gasteiger partial charge >= 0.3 is 5.97 Å². The van der Waals surface area contributed by atoms with Gasteiger partial charge in [0.15, 0.2) is 0 Å². The highest BCUT2D eigenvalue weighted by Gasteiger charge is 2.36. The van der Waals surface area contributed by atoms with Crippen LogP contribution in [0.5, 0.6) is 0 Å². The molecule has 0 saturated carbocycles. The maximum absolute atomic E-state index is 11.6. The molecule has 0 spiro atoms. The number of carbonyl (C=O) groups is 1. The molecule has 1 heterocycles. The maximum atomic E-state index is 11.6. The molecule has 2 aliphatic rings. The van der Waals surface area contributed by atoms with E-state index in [1.165, 1.54) is 0 Å². The molecule has 0 bridgehead atoms. The number of ether oxygens (including phenoxy) is 1. The first-order chi connectivity index (χ1) is 7.11. The molecule has 0 aromatic rings. The van der Waals surface area contributed by atoms with Gasteiger partial charge in [-0.15, -0.1) is 11.6 Å². The fourth-order valence-corrected chi connectivity index (χ4v) is 1.89. The van der Waals surface area contributed by atoms with Gasteiger partial charge in [0.2, 0.25) is 0 Å². The van der Waals surface area contributed by atoms with Crippen LogP contribution in [0.15, 0.2) is 35.6 Å². The van der Waals surface area contributed by atoms with Gasteiger partial charge in [-0.25, -0.2) is 0 Å². The molecule has 2 rings (SSSR count). The fourth-order valence-electron chi connectivity index (χ4n) is 1.78. The summed E-state index contributed by atoms with van der Waals surface area (Å²) in [6, 6.07) is 0. The van der Waals surface area contributed by atoms with E-state index in [-0.39, 0.29) is 23.2 Å². The number of carbonyl (C=O) groups excluding carboxylic acids is 1. The molecule has 3 atom stereocenters. The zero-order valence-electron chi connectivity index (χ0n) is 8.74. The van der Waals surface area contributed by atoms with Crippen molar-refractivity contribution in [3.63, 3.8) is 0 Å². The van der Waals surface area contributed by atoms with Gasteiger partial charge in [0.1, 0.15) is 11.7 Å². The summed E-state index contributed by atoms with van der Waals surface area (Å²) in [6.07, 6.45) is 7.57. The first-order valence-electron chi connectivity index (χ1n) is 5.06. The summed E-state index contributed by atoms with van der Waals surface area (Å²) in [7, 11) is 0. The summed E-state index contributed by atoms with van der Waals surface area (Å²) in [5.74, 6) is 0.382. The summed E-state index contributed by atoms with van der Waals surface area (Å²) >= 11 is 6.02. The van der Waals surface area contributed by atoms with Crippen molar-refractivity contribution >= 4 is 17.6 Å². The van der Waals surface area contributed by atoms with Gasteiger partial charge in [-0.05, 0) is 6.92 Å². The Labute approximate surface area is 94.3 Å². The number of esters is 1. The molecule has 0 aromatic carbocycles. The SMILES string of the molecule is CC(Cl)C(C)C1=C2C=CC=CC2C(=O)O1. The third-order valence-corrected chi connectivity index (χ3v) is 3.26. The molecular weight excluding hydrogens is 212 g/mol. The highest BCUT2D eigenvalue weighted by atomic mass is 35.5. The second kappa shape index (κ2) is 3.86. The molecule has 0 aromatic heterocycles. The minimum atomic E-state index is -0.220. The third kappa shape index (κ3) is 1.74. The number of hydrogen-bond acceptors (Lipinski definition) is 2. The number of cyclic esters (lactones) is 1. The van der Waals surface area contributed by atoms with E-state index >= 15 is 0 Å². The largest absolute Gasteiger partial charge is 0.430 e. The molecule has 2 nitrogen and oxygen atoms in total. The van der Waals surface area contributed by atoms with Crippen LogP contribution in [-0.4, -0.2) is 11.3 Å². The third-order valence-electron chi connectivity index (χ3n) is 2.88. The topological polar surface area (TPSA) is 26.3 Å². The van der Waals surface area contributed by atoms with Gasteiger partial charge in [0.25, 0.3) is 0 Å². The molecule has 3 heteroatoms. The van der Waals surface area contributed by atoms with Crippen LogP contribution in [0.4, 0.5) is 0 Å². The number of fused-ring (bicyclic) bond motifs is 1. The number of allylic oxidation sites excluding steroid dienone is 4. The van der Waals surface area contributed by atoms with E-state index in [9.17, 15) is 4.79 Å². The monoisotopic (exact) mass is 224 g/mol. The Morgan fingerprint density at radius 1 is 1.40 bits per heavy atom. The molecule has 15 heavy (non-hydrogen) atoms. The minimum Gasteiger partial charge on any atom is -0.430 e. The standard InChI is InChI=1S/C12H13ClO2/c1-7(8(2)13)11-9-5-3-4-6-10(9)12(14)15-11/h3-8,10H,1-2H3. The molecule has 3 unspecified atom stereocenters. The number of alkyl halides is 1. The number of rotatable bonds is 2. The molecule has 0 amide bonds. The Kier molecular flexibility index (Phi) is 2.70. The molecule has 0 radical (unpaired) electrons. The van der Waals surface area contributed by atoms with Gasteiger partial charge < -0.3 is 4.74 Å². The van der Waals surface area contributed by atoms with Gasteiger partial charge in [-0.1, -0.05) is 31.2 Å². The lowest BCUT2D eigenvalue weighted by atomic mass is 9.92. The van der Waals surface area contributed by atoms with Gasteiger partial charge in [0, 0.05) is 16.9 Å². The van der Waals surface area contributed by atoms with E-state index in [0.29, 0.717) is 0 Å². The lowest BCUT2D eigenvalue weighted by molar-refractivity contribution is -0.139. The Bertz CT molecular complexity index is 377. The van der Waals surface area contributed by atoms with Crippen molar-refractivity contribution in [2.45, 2.75) is 19.2 Å². The minimum absolute atomic E-state index is 0.0432. The Morgan fingerprint density at radius 3 is 2.80 bits per heavy atom. The lowest BCUT2D eigenvalue weighted by Gasteiger charge is -2.15. The van der Waals surface area contributed by atoms with E-state index in [0.717, 1.165) is 11.3 Å². The van der Waals surface area contributed by atoms with Crippen molar-refractivity contribution in [1.82, 2.24) is 0 Å². The molecular formula is C12H13ClO2. The van der Waals surface area contributed by atoms with Crippen LogP contribution < -0.4 is 0 Å². The van der Waals surface area contributed by atoms with Crippen molar-refractivity contribution in [2.75, 3.05) is 0 Å². The van der Waals surface area contributed by atoms with E-state index in [1.54, 1.807) is 0 Å². The second-order valence-electron chi connectivity index (χ2n) is 3.93. The second-order valence-corrected chi connectivity index (χ2v) is 4.62. The molecule has 80 valence electrons. The maximum Gasteiger partial charge on any atom is 0.322 e. The predicted octanol–water partition coefficient (Wildman–Crippen LogP) is 2.80. The average molecular weight is 225 g/mol. The van der Waals surface area contributed by atoms with E-state index in [1.807, 2.05) is 38.2 Å². The Morgan fingerprint density at radius 2 is 2.13 bits per heavy atom. The zero-order chi connectivity index (χ0) is 11.0. The van der Waals surface area contributed by atoms with E-state index in [4.69, 9.17) is 16.3 Å². The lowest BCUT2D eigenvalue weighted by Crippen LogP contribution is -2.12. The molecule has 1 aliphatic heterocycles. The highest BCUT2D eigenvalue weighted by Crippen LogP contribution is 2.36. The van der Waals surface area contributed by atoms with Crippen LogP contribution in [0.1, 0.15) is 13.8 Å². The predicted molar refractivity (Wildman–Crippen MR) is 59.4 cm³/mol. The highest BCUT2D eigenvalue weighted by molar-refractivity contribution is 6.20. The Hall–Kier alpha value is -1.02. The summed E-state index contributed by atoms with van der Waals surface area (Å²) in [4.78, 5) is 11.6. The van der Waals surface area contributed by atoms with Crippen molar-refractivity contribution in [3.8, 4) is 0 Å². The van der Waals surface area contributed by atoms with Crippen LogP contribution in [0.25, 0.3) is 0 Å². The van der Waals surface area contributed by atoms with Crippen molar-refractivity contribution in [1.29, 1.82) is 0 Å². The zero-order valence-corrected chi connectivity index (χ0v) is 9.49. The van der Waals surface area contributed by atoms with Gasteiger partial charge in [0.05, 0.1) is 0 Å². The summed E-state index contributed by atoms with van der Waals surface area (Å²) in [6.45, 7) is 3.88. The smallest absolute Gasteiger partial charge is 0.322 e. The van der Waals surface area contributed by atoms with Crippen LogP contribution in [0.2, 0.25) is 0 Å². The van der Waals surface area contributed by atoms with Crippen LogP contribution in [0, 0.1) is 11.8 Å². The Balaban J connectivity index is 2.36.